The van der Waals surface area contributed by atoms with Crippen LogP contribution in [0.25, 0.3) is 28.0 Å². The first-order valence-corrected chi connectivity index (χ1v) is 13.9. The van der Waals surface area contributed by atoms with Crippen LogP contribution in [0, 0.1) is 5.41 Å². The van der Waals surface area contributed by atoms with Crippen molar-refractivity contribution in [1.82, 2.24) is 19.4 Å². The molecule has 5 unspecified atom stereocenters. The Morgan fingerprint density at radius 2 is 1.63 bits per heavy atom. The van der Waals surface area contributed by atoms with Crippen molar-refractivity contribution >= 4 is 17.2 Å². The Bertz CT molecular complexity index is 1910. The third-order valence-corrected chi connectivity index (χ3v) is 7.41. The largest absolute Gasteiger partial charge is 0.462 e. The van der Waals surface area contributed by atoms with Crippen LogP contribution in [0.2, 0.25) is 0 Å². The van der Waals surface area contributed by atoms with Gasteiger partial charge < -0.3 is 29.9 Å². The SMILES string of the molecule is N=c1c2c(-c3ccccc3)nn(-c3ccc(C(F)(F)F)cc3)c2ncn1N=Cc1ccc(OC2OC(CO)C(O)C(O)C2O)cc1. The zero-order valence-corrected chi connectivity index (χ0v) is 23.7. The van der Waals surface area contributed by atoms with E-state index in [1.807, 2.05) is 6.07 Å². The number of aliphatic hydroxyl groups is 4. The molecule has 12 nitrogen and oxygen atoms in total. The van der Waals surface area contributed by atoms with Crippen molar-refractivity contribution in [2.75, 3.05) is 6.61 Å². The Morgan fingerprint density at radius 1 is 0.935 bits per heavy atom. The van der Waals surface area contributed by atoms with Gasteiger partial charge in [0.05, 0.1) is 29.5 Å². The van der Waals surface area contributed by atoms with Crippen molar-refractivity contribution in [2.24, 2.45) is 5.10 Å². The third kappa shape index (κ3) is 6.01. The minimum atomic E-state index is -4.49. The molecule has 0 amide bonds. The number of benzene rings is 3. The predicted molar refractivity (Wildman–Crippen MR) is 157 cm³/mol. The summed E-state index contributed by atoms with van der Waals surface area (Å²) >= 11 is 0. The fraction of sp³-hybridized carbons (Fsp3) is 0.226. The molecule has 1 aliphatic rings. The number of halogens is 3. The van der Waals surface area contributed by atoms with Gasteiger partial charge in [-0.25, -0.2) is 14.3 Å². The van der Waals surface area contributed by atoms with Gasteiger partial charge in [0.2, 0.25) is 6.29 Å². The maximum absolute atomic E-state index is 13.2. The average Bonchev–Trinajstić information content (AvgIpc) is 3.46. The molecule has 0 spiro atoms. The van der Waals surface area contributed by atoms with E-state index in [2.05, 4.69) is 15.2 Å². The molecule has 5 aromatic rings. The first-order valence-electron chi connectivity index (χ1n) is 13.9. The lowest BCUT2D eigenvalue weighted by Gasteiger charge is -2.39. The van der Waals surface area contributed by atoms with Gasteiger partial charge in [-0.05, 0) is 54.1 Å². The van der Waals surface area contributed by atoms with Crippen LogP contribution in [0.1, 0.15) is 11.1 Å². The summed E-state index contributed by atoms with van der Waals surface area (Å²) in [5.74, 6) is 0.265. The molecule has 0 aliphatic carbocycles. The summed E-state index contributed by atoms with van der Waals surface area (Å²) in [6.07, 6.45) is -8.81. The first kappa shape index (κ1) is 31.1. The summed E-state index contributed by atoms with van der Waals surface area (Å²) in [6, 6.07) is 19.9. The molecule has 0 bridgehead atoms. The number of nitrogens with one attached hydrogen (secondary N) is 1. The van der Waals surface area contributed by atoms with E-state index in [1.165, 1.54) is 34.0 Å². The van der Waals surface area contributed by atoms with Crippen LogP contribution in [0.3, 0.4) is 0 Å². The van der Waals surface area contributed by atoms with Crippen molar-refractivity contribution in [2.45, 2.75) is 36.9 Å². The first-order chi connectivity index (χ1) is 22.0. The van der Waals surface area contributed by atoms with Gasteiger partial charge in [-0.3, -0.25) is 5.41 Å². The molecule has 6 rings (SSSR count). The predicted octanol–water partition coefficient (Wildman–Crippen LogP) is 2.45. The highest BCUT2D eigenvalue weighted by Crippen LogP contribution is 2.31. The standard InChI is InChI=1S/C31H27F3N6O6/c32-31(33,34)19-8-10-20(11-9-19)40-29-23(24(38-40)18-4-2-1-3-5-18)28(35)39(16-36-29)37-14-17-6-12-21(13-7-17)45-30-27(44)26(43)25(42)22(15-41)46-30/h1-14,16,22,25-27,30,35,41-44H,15H2. The lowest BCUT2D eigenvalue weighted by Crippen LogP contribution is -2.60. The number of rotatable bonds is 7. The number of aromatic nitrogens is 4. The molecule has 0 radical (unpaired) electrons. The molecular weight excluding hydrogens is 609 g/mol. The molecule has 2 aromatic heterocycles. The molecule has 5 N–H and O–H groups in total. The molecule has 15 heteroatoms. The lowest BCUT2D eigenvalue weighted by atomic mass is 9.99. The number of fused-ring (bicyclic) bond motifs is 1. The van der Waals surface area contributed by atoms with Crippen molar-refractivity contribution in [1.29, 1.82) is 5.41 Å². The van der Waals surface area contributed by atoms with Crippen LogP contribution >= 0.6 is 0 Å². The number of ether oxygens (including phenoxy) is 2. The lowest BCUT2D eigenvalue weighted by molar-refractivity contribution is -0.277. The van der Waals surface area contributed by atoms with Gasteiger partial charge in [-0.15, -0.1) is 0 Å². The summed E-state index contributed by atoms with van der Waals surface area (Å²) in [6.45, 7) is -0.584. The minimum absolute atomic E-state index is 0.0687. The molecule has 1 fully saturated rings. The van der Waals surface area contributed by atoms with Crippen LogP contribution in [0.4, 0.5) is 13.2 Å². The van der Waals surface area contributed by atoms with E-state index in [0.717, 1.165) is 12.1 Å². The van der Waals surface area contributed by atoms with Crippen LogP contribution < -0.4 is 10.2 Å². The quantitative estimate of drug-likeness (QED) is 0.170. The summed E-state index contributed by atoms with van der Waals surface area (Å²) in [5.41, 5.74) is 1.38. The maximum Gasteiger partial charge on any atom is 0.416 e. The van der Waals surface area contributed by atoms with Gasteiger partial charge >= 0.3 is 6.18 Å². The Kier molecular flexibility index (Phi) is 8.41. The Morgan fingerprint density at radius 3 is 2.28 bits per heavy atom. The highest BCUT2D eigenvalue weighted by molar-refractivity contribution is 5.91. The topological polar surface area (TPSA) is 171 Å². The number of hydrogen-bond donors (Lipinski definition) is 5. The van der Waals surface area contributed by atoms with Gasteiger partial charge in [-0.2, -0.15) is 23.4 Å². The fourth-order valence-electron chi connectivity index (χ4n) is 4.95. The molecule has 3 heterocycles. The Balaban J connectivity index is 1.29. The highest BCUT2D eigenvalue weighted by Gasteiger charge is 2.44. The van der Waals surface area contributed by atoms with Crippen molar-refractivity contribution in [3.8, 4) is 22.7 Å². The van der Waals surface area contributed by atoms with E-state index in [4.69, 9.17) is 14.9 Å². The molecule has 5 atom stereocenters. The molecule has 0 saturated carbocycles. The van der Waals surface area contributed by atoms with E-state index >= 15 is 0 Å². The highest BCUT2D eigenvalue weighted by atomic mass is 19.4. The second kappa shape index (κ2) is 12.5. The number of nitrogens with zero attached hydrogens (tertiary/aromatic N) is 5. The average molecular weight is 637 g/mol. The Hall–Kier alpha value is -4.93. The van der Waals surface area contributed by atoms with E-state index in [9.17, 15) is 33.6 Å². The zero-order valence-electron chi connectivity index (χ0n) is 23.7. The van der Waals surface area contributed by atoms with Gasteiger partial charge in [0.15, 0.2) is 11.1 Å². The van der Waals surface area contributed by atoms with Crippen LogP contribution in [0.15, 0.2) is 90.3 Å². The van der Waals surface area contributed by atoms with Crippen molar-refractivity contribution < 1.29 is 43.1 Å². The number of aliphatic hydroxyl groups excluding tert-OH is 4. The summed E-state index contributed by atoms with van der Waals surface area (Å²) in [7, 11) is 0. The van der Waals surface area contributed by atoms with Crippen LogP contribution in [-0.4, -0.2) is 83.4 Å². The molecule has 1 aliphatic heterocycles. The fourth-order valence-corrected chi connectivity index (χ4v) is 4.95. The second-order valence-corrected chi connectivity index (χ2v) is 10.4. The smallest absolute Gasteiger partial charge is 0.416 e. The van der Waals surface area contributed by atoms with Gasteiger partial charge in [0.25, 0.3) is 0 Å². The molecule has 1 saturated heterocycles. The monoisotopic (exact) mass is 636 g/mol. The Labute approximate surface area is 258 Å². The summed E-state index contributed by atoms with van der Waals surface area (Å²) < 4.78 is 53.1. The summed E-state index contributed by atoms with van der Waals surface area (Å²) in [4.78, 5) is 4.45. The van der Waals surface area contributed by atoms with E-state index < -0.39 is 49.1 Å². The number of hydrogen-bond acceptors (Lipinski definition) is 10. The normalized spacial score (nSPS) is 22.0. The van der Waals surface area contributed by atoms with Gasteiger partial charge in [-0.1, -0.05) is 30.3 Å². The van der Waals surface area contributed by atoms with Crippen molar-refractivity contribution in [3.63, 3.8) is 0 Å². The van der Waals surface area contributed by atoms with E-state index in [1.54, 1.807) is 48.5 Å². The van der Waals surface area contributed by atoms with Gasteiger partial charge in [0.1, 0.15) is 42.2 Å². The maximum atomic E-state index is 13.2. The molecular formula is C31H27F3N6O6. The zero-order chi connectivity index (χ0) is 32.6. The van der Waals surface area contributed by atoms with E-state index in [-0.39, 0.29) is 16.9 Å². The van der Waals surface area contributed by atoms with Gasteiger partial charge in [0, 0.05) is 5.56 Å². The summed E-state index contributed by atoms with van der Waals surface area (Å²) in [5, 5.41) is 57.8. The van der Waals surface area contributed by atoms with Crippen molar-refractivity contribution in [3.05, 3.63) is 102 Å². The number of alkyl halides is 3. The second-order valence-electron chi connectivity index (χ2n) is 10.4. The molecule has 3 aromatic carbocycles. The molecule has 46 heavy (non-hydrogen) atoms. The van der Waals surface area contributed by atoms with E-state index in [0.29, 0.717) is 27.9 Å². The third-order valence-electron chi connectivity index (χ3n) is 7.41. The minimum Gasteiger partial charge on any atom is -0.462 e. The molecule has 238 valence electrons. The van der Waals surface area contributed by atoms with Crippen LogP contribution in [0.5, 0.6) is 5.75 Å². The van der Waals surface area contributed by atoms with Crippen LogP contribution in [-0.2, 0) is 10.9 Å².